The second-order valence-electron chi connectivity index (χ2n) is 6.14. The van der Waals surface area contributed by atoms with Crippen LogP contribution in [-0.2, 0) is 14.8 Å². The highest BCUT2D eigenvalue weighted by atomic mass is 32.2. The van der Waals surface area contributed by atoms with Gasteiger partial charge in [-0.05, 0) is 19.8 Å². The number of aromatic nitrogens is 1. The topological polar surface area (TPSA) is 122 Å². The minimum Gasteiger partial charge on any atom is -0.455 e. The highest BCUT2D eigenvalue weighted by molar-refractivity contribution is 7.89. The molecule has 0 spiro atoms. The van der Waals surface area contributed by atoms with Gasteiger partial charge < -0.3 is 18.9 Å². The number of hydrogen-bond acceptors (Lipinski definition) is 8. The lowest BCUT2D eigenvalue weighted by Gasteiger charge is -2.09. The van der Waals surface area contributed by atoms with Crippen molar-refractivity contribution in [1.82, 2.24) is 9.29 Å². The van der Waals surface area contributed by atoms with Crippen molar-refractivity contribution in [3.8, 4) is 17.7 Å². The number of ether oxygens (including phenoxy) is 1. The Morgan fingerprint density at radius 3 is 2.81 bits per heavy atom. The first-order chi connectivity index (χ1) is 12.3. The van der Waals surface area contributed by atoms with Crippen molar-refractivity contribution >= 4 is 15.9 Å². The minimum absolute atomic E-state index is 0.0306. The average molecular weight is 380 g/mol. The zero-order valence-electron chi connectivity index (χ0n) is 14.8. The Morgan fingerprint density at radius 1 is 1.42 bits per heavy atom. The SMILES string of the molecule is Cc1oc(-c2nc(C#N)c(NC[C@H]3CCCO3)o2)cc1S(=O)(=O)N(C)C. The van der Waals surface area contributed by atoms with Crippen LogP contribution < -0.4 is 5.32 Å². The summed E-state index contributed by atoms with van der Waals surface area (Å²) < 4.78 is 42.3. The van der Waals surface area contributed by atoms with E-state index in [0.29, 0.717) is 6.54 Å². The van der Waals surface area contributed by atoms with Gasteiger partial charge in [0.2, 0.25) is 21.6 Å². The van der Waals surface area contributed by atoms with Crippen LogP contribution in [0.4, 0.5) is 5.88 Å². The van der Waals surface area contributed by atoms with Crippen LogP contribution in [0.1, 0.15) is 24.3 Å². The Balaban J connectivity index is 1.87. The van der Waals surface area contributed by atoms with Crippen molar-refractivity contribution < 1.29 is 22.0 Å². The van der Waals surface area contributed by atoms with Gasteiger partial charge in [0, 0.05) is 33.3 Å². The summed E-state index contributed by atoms with van der Waals surface area (Å²) in [5, 5.41) is 12.3. The van der Waals surface area contributed by atoms with Crippen molar-refractivity contribution in [3.63, 3.8) is 0 Å². The van der Waals surface area contributed by atoms with Crippen LogP contribution in [0, 0.1) is 18.3 Å². The standard InChI is InChI=1S/C16H20N4O5S/c1-10-14(26(21,22)20(2)3)7-13(24-10)16-19-12(8-17)15(25-16)18-9-11-5-4-6-23-11/h7,11,18H,4-6,9H2,1-3H3/t11-/m1/s1. The maximum atomic E-state index is 12.3. The molecule has 0 radical (unpaired) electrons. The molecule has 0 aromatic carbocycles. The van der Waals surface area contributed by atoms with Gasteiger partial charge in [-0.3, -0.25) is 0 Å². The third kappa shape index (κ3) is 3.46. The Hall–Kier alpha value is -2.35. The van der Waals surface area contributed by atoms with Gasteiger partial charge in [-0.2, -0.15) is 10.2 Å². The van der Waals surface area contributed by atoms with Crippen LogP contribution >= 0.6 is 0 Å². The van der Waals surface area contributed by atoms with Crippen LogP contribution in [0.2, 0.25) is 0 Å². The molecule has 1 atom stereocenters. The summed E-state index contributed by atoms with van der Waals surface area (Å²) in [5.74, 6) is 0.618. The number of oxazole rings is 1. The molecule has 1 aliphatic heterocycles. The molecule has 9 nitrogen and oxygen atoms in total. The lowest BCUT2D eigenvalue weighted by molar-refractivity contribution is 0.120. The van der Waals surface area contributed by atoms with E-state index < -0.39 is 10.0 Å². The van der Waals surface area contributed by atoms with E-state index in [1.165, 1.54) is 20.2 Å². The van der Waals surface area contributed by atoms with Crippen molar-refractivity contribution in [3.05, 3.63) is 17.5 Å². The molecule has 3 rings (SSSR count). The van der Waals surface area contributed by atoms with Gasteiger partial charge in [-0.25, -0.2) is 12.7 Å². The Bertz CT molecular complexity index is 932. The van der Waals surface area contributed by atoms with Crippen molar-refractivity contribution in [2.24, 2.45) is 0 Å². The normalized spacial score (nSPS) is 17.6. The van der Waals surface area contributed by atoms with Crippen LogP contribution in [0.25, 0.3) is 11.7 Å². The molecule has 2 aromatic rings. The molecule has 3 heterocycles. The zero-order chi connectivity index (χ0) is 18.9. The van der Waals surface area contributed by atoms with E-state index in [0.717, 1.165) is 23.8 Å². The van der Waals surface area contributed by atoms with Gasteiger partial charge in [0.15, 0.2) is 5.76 Å². The zero-order valence-corrected chi connectivity index (χ0v) is 15.6. The molecule has 0 amide bonds. The van der Waals surface area contributed by atoms with Gasteiger partial charge in [0.25, 0.3) is 5.89 Å². The predicted molar refractivity (Wildman–Crippen MR) is 92.0 cm³/mol. The Labute approximate surface area is 151 Å². The number of rotatable bonds is 6. The maximum Gasteiger partial charge on any atom is 0.266 e. The van der Waals surface area contributed by atoms with E-state index in [1.54, 1.807) is 6.92 Å². The van der Waals surface area contributed by atoms with Crippen LogP contribution in [0.5, 0.6) is 0 Å². The summed E-state index contributed by atoms with van der Waals surface area (Å²) in [6.07, 6.45) is 2.02. The van der Waals surface area contributed by atoms with Gasteiger partial charge >= 0.3 is 0 Å². The third-order valence-corrected chi connectivity index (χ3v) is 6.01. The van der Waals surface area contributed by atoms with Gasteiger partial charge in [-0.1, -0.05) is 0 Å². The first-order valence-electron chi connectivity index (χ1n) is 8.12. The number of sulfonamides is 1. The molecule has 26 heavy (non-hydrogen) atoms. The molecule has 0 aliphatic carbocycles. The molecule has 140 valence electrons. The molecule has 1 aliphatic rings. The van der Waals surface area contributed by atoms with Crippen LogP contribution in [-0.4, -0.2) is 51.1 Å². The molecule has 1 saturated heterocycles. The van der Waals surface area contributed by atoms with Crippen molar-refractivity contribution in [2.45, 2.75) is 30.8 Å². The van der Waals surface area contributed by atoms with E-state index in [-0.39, 0.29) is 40.0 Å². The number of nitriles is 1. The predicted octanol–water partition coefficient (Wildman–Crippen LogP) is 1.96. The summed E-state index contributed by atoms with van der Waals surface area (Å²) >= 11 is 0. The van der Waals surface area contributed by atoms with Gasteiger partial charge in [-0.15, -0.1) is 0 Å². The average Bonchev–Trinajstić information content (AvgIpc) is 3.31. The second kappa shape index (κ2) is 7.11. The van der Waals surface area contributed by atoms with Crippen LogP contribution in [0.15, 0.2) is 19.8 Å². The highest BCUT2D eigenvalue weighted by Gasteiger charge is 2.27. The fourth-order valence-electron chi connectivity index (χ4n) is 2.66. The van der Waals surface area contributed by atoms with Crippen molar-refractivity contribution in [1.29, 1.82) is 5.26 Å². The number of nitrogens with zero attached hydrogens (tertiary/aromatic N) is 3. The Kier molecular flexibility index (Phi) is 5.04. The largest absolute Gasteiger partial charge is 0.455 e. The number of nitrogens with one attached hydrogen (secondary N) is 1. The van der Waals surface area contributed by atoms with E-state index in [2.05, 4.69) is 10.3 Å². The monoisotopic (exact) mass is 380 g/mol. The van der Waals surface area contributed by atoms with E-state index in [9.17, 15) is 13.7 Å². The van der Waals surface area contributed by atoms with E-state index in [1.807, 2.05) is 6.07 Å². The third-order valence-electron chi connectivity index (χ3n) is 4.09. The Morgan fingerprint density at radius 2 is 2.19 bits per heavy atom. The fourth-order valence-corrected chi connectivity index (χ4v) is 3.71. The number of anilines is 1. The molecule has 0 saturated carbocycles. The fraction of sp³-hybridized carbons (Fsp3) is 0.500. The number of hydrogen-bond donors (Lipinski definition) is 1. The second-order valence-corrected chi connectivity index (χ2v) is 8.26. The maximum absolute atomic E-state index is 12.3. The van der Waals surface area contributed by atoms with Gasteiger partial charge in [0.1, 0.15) is 16.7 Å². The van der Waals surface area contributed by atoms with Gasteiger partial charge in [0.05, 0.1) is 6.10 Å². The summed E-state index contributed by atoms with van der Waals surface area (Å²) in [6, 6.07) is 3.30. The quantitative estimate of drug-likeness (QED) is 0.807. The molecule has 1 fully saturated rings. The van der Waals surface area contributed by atoms with Crippen LogP contribution in [0.3, 0.4) is 0 Å². The lowest BCUT2D eigenvalue weighted by atomic mass is 10.2. The van der Waals surface area contributed by atoms with E-state index in [4.69, 9.17) is 13.6 Å². The molecule has 0 unspecified atom stereocenters. The molecular formula is C16H20N4O5S. The molecule has 1 N–H and O–H groups in total. The first-order valence-corrected chi connectivity index (χ1v) is 9.56. The summed E-state index contributed by atoms with van der Waals surface area (Å²) in [4.78, 5) is 4.12. The van der Waals surface area contributed by atoms with Crippen molar-refractivity contribution in [2.75, 3.05) is 32.6 Å². The summed E-state index contributed by atoms with van der Waals surface area (Å²) in [7, 11) is -0.776. The number of aryl methyl sites for hydroxylation is 1. The molecule has 10 heteroatoms. The first kappa shape index (κ1) is 18.4. The molecular weight excluding hydrogens is 360 g/mol. The summed E-state index contributed by atoms with van der Waals surface area (Å²) in [5.41, 5.74) is 0.0732. The lowest BCUT2D eigenvalue weighted by Crippen LogP contribution is -2.22. The smallest absolute Gasteiger partial charge is 0.266 e. The minimum atomic E-state index is -3.65. The summed E-state index contributed by atoms with van der Waals surface area (Å²) in [6.45, 7) is 2.78. The number of furan rings is 1. The molecule has 0 bridgehead atoms. The highest BCUT2D eigenvalue weighted by Crippen LogP contribution is 2.31. The van der Waals surface area contributed by atoms with E-state index >= 15 is 0 Å². The molecule has 2 aromatic heterocycles.